The number of nitrogen functional groups attached to an aromatic ring is 1. The van der Waals surface area contributed by atoms with Crippen molar-refractivity contribution in [3.63, 3.8) is 0 Å². The molecule has 0 aliphatic heterocycles. The second-order valence-electron chi connectivity index (χ2n) is 6.20. The minimum Gasteiger partial charge on any atom is -0.492 e. The first-order valence-corrected chi connectivity index (χ1v) is 9.17. The standard InChI is InChI=1S/C21H26N4O/c1-2-3-4-5-6-7-14-26-21-13-12-20(15-17(21)16-22)25-24-19-10-8-18(23)9-11-19/h8-13,15H,2-7,14,23H2,1H3/b25-24+. The van der Waals surface area contributed by atoms with E-state index in [0.29, 0.717) is 35.0 Å². The largest absolute Gasteiger partial charge is 0.492 e. The summed E-state index contributed by atoms with van der Waals surface area (Å²) in [5.74, 6) is 0.604. The van der Waals surface area contributed by atoms with Crippen LogP contribution in [0.15, 0.2) is 52.7 Å². The lowest BCUT2D eigenvalue weighted by Crippen LogP contribution is -1.99. The Bertz CT molecular complexity index is 748. The third kappa shape index (κ3) is 6.56. The highest BCUT2D eigenvalue weighted by atomic mass is 16.5. The van der Waals surface area contributed by atoms with Crippen LogP contribution in [0.5, 0.6) is 5.75 Å². The van der Waals surface area contributed by atoms with Crippen LogP contribution >= 0.6 is 0 Å². The van der Waals surface area contributed by atoms with E-state index in [1.165, 1.54) is 25.7 Å². The molecule has 0 saturated carbocycles. The minimum atomic E-state index is 0.477. The average molecular weight is 350 g/mol. The summed E-state index contributed by atoms with van der Waals surface area (Å²) >= 11 is 0. The number of nitrogens with two attached hydrogens (primary N) is 1. The number of hydrogen-bond acceptors (Lipinski definition) is 5. The van der Waals surface area contributed by atoms with E-state index in [1.54, 1.807) is 42.5 Å². The molecule has 0 fully saturated rings. The number of unbranched alkanes of at least 4 members (excludes halogenated alkanes) is 5. The molecule has 2 aromatic carbocycles. The van der Waals surface area contributed by atoms with E-state index in [1.807, 2.05) is 0 Å². The lowest BCUT2D eigenvalue weighted by atomic mass is 10.1. The predicted molar refractivity (Wildman–Crippen MR) is 105 cm³/mol. The summed E-state index contributed by atoms with van der Waals surface area (Å²) in [5.41, 5.74) is 8.13. The summed E-state index contributed by atoms with van der Waals surface area (Å²) in [6, 6.07) is 14.6. The van der Waals surface area contributed by atoms with Crippen molar-refractivity contribution < 1.29 is 4.74 Å². The van der Waals surface area contributed by atoms with Gasteiger partial charge in [0.2, 0.25) is 0 Å². The van der Waals surface area contributed by atoms with Crippen LogP contribution in [0.1, 0.15) is 51.0 Å². The van der Waals surface area contributed by atoms with Gasteiger partial charge in [-0.1, -0.05) is 39.0 Å². The number of azo groups is 1. The van der Waals surface area contributed by atoms with Crippen LogP contribution in [0, 0.1) is 11.3 Å². The van der Waals surface area contributed by atoms with Crippen LogP contribution in [-0.4, -0.2) is 6.61 Å². The van der Waals surface area contributed by atoms with E-state index in [-0.39, 0.29) is 0 Å². The van der Waals surface area contributed by atoms with Gasteiger partial charge in [-0.2, -0.15) is 15.5 Å². The van der Waals surface area contributed by atoms with Gasteiger partial charge in [0.05, 0.1) is 23.5 Å². The molecule has 2 rings (SSSR count). The van der Waals surface area contributed by atoms with Crippen LogP contribution in [0.2, 0.25) is 0 Å². The van der Waals surface area contributed by atoms with Crippen molar-refractivity contribution in [2.24, 2.45) is 10.2 Å². The molecule has 0 radical (unpaired) electrons. The molecule has 0 bridgehead atoms. The van der Waals surface area contributed by atoms with Gasteiger partial charge >= 0.3 is 0 Å². The number of ether oxygens (including phenoxy) is 1. The summed E-state index contributed by atoms with van der Waals surface area (Å²) in [4.78, 5) is 0. The number of benzene rings is 2. The monoisotopic (exact) mass is 350 g/mol. The Morgan fingerprint density at radius 3 is 2.31 bits per heavy atom. The third-order valence-corrected chi connectivity index (χ3v) is 4.01. The molecule has 2 N–H and O–H groups in total. The van der Waals surface area contributed by atoms with Gasteiger partial charge < -0.3 is 10.5 Å². The number of anilines is 1. The van der Waals surface area contributed by atoms with Crippen LogP contribution in [0.3, 0.4) is 0 Å². The fraction of sp³-hybridized carbons (Fsp3) is 0.381. The van der Waals surface area contributed by atoms with E-state index in [2.05, 4.69) is 23.2 Å². The summed E-state index contributed by atoms with van der Waals surface area (Å²) in [6.07, 6.45) is 7.25. The minimum absolute atomic E-state index is 0.477. The Morgan fingerprint density at radius 1 is 0.923 bits per heavy atom. The Balaban J connectivity index is 1.88. The van der Waals surface area contributed by atoms with Gasteiger partial charge in [0.1, 0.15) is 11.8 Å². The maximum Gasteiger partial charge on any atom is 0.137 e. The first-order chi connectivity index (χ1) is 12.7. The molecule has 0 spiro atoms. The molecule has 0 aliphatic rings. The normalized spacial score (nSPS) is 10.8. The quantitative estimate of drug-likeness (QED) is 0.310. The average Bonchev–Trinajstić information content (AvgIpc) is 2.67. The van der Waals surface area contributed by atoms with Gasteiger partial charge in [0.25, 0.3) is 0 Å². The number of rotatable bonds is 10. The molecule has 0 saturated heterocycles. The van der Waals surface area contributed by atoms with Gasteiger partial charge in [0, 0.05) is 5.69 Å². The molecule has 2 aromatic rings. The fourth-order valence-electron chi connectivity index (χ4n) is 2.51. The summed E-state index contributed by atoms with van der Waals surface area (Å²) in [6.45, 7) is 2.85. The van der Waals surface area contributed by atoms with Crippen molar-refractivity contribution in [2.75, 3.05) is 12.3 Å². The number of hydrogen-bond donors (Lipinski definition) is 1. The van der Waals surface area contributed by atoms with Gasteiger partial charge in [-0.15, -0.1) is 0 Å². The van der Waals surface area contributed by atoms with E-state index in [4.69, 9.17) is 10.5 Å². The Hall–Kier alpha value is -2.87. The van der Waals surface area contributed by atoms with Gasteiger partial charge in [0.15, 0.2) is 0 Å². The SMILES string of the molecule is CCCCCCCCOc1ccc(/N=N/c2ccc(N)cc2)cc1C#N. The first kappa shape index (κ1) is 19.5. The zero-order valence-electron chi connectivity index (χ0n) is 15.3. The third-order valence-electron chi connectivity index (χ3n) is 4.01. The van der Waals surface area contributed by atoms with Crippen molar-refractivity contribution in [3.05, 3.63) is 48.0 Å². The molecule has 0 atom stereocenters. The Morgan fingerprint density at radius 2 is 1.58 bits per heavy atom. The van der Waals surface area contributed by atoms with Gasteiger partial charge in [-0.05, 0) is 48.9 Å². The van der Waals surface area contributed by atoms with Crippen LogP contribution in [0.25, 0.3) is 0 Å². The summed E-state index contributed by atoms with van der Waals surface area (Å²) in [5, 5.41) is 17.7. The molecule has 0 amide bonds. The van der Waals surface area contributed by atoms with Crippen molar-refractivity contribution in [3.8, 4) is 11.8 Å². The highest BCUT2D eigenvalue weighted by Gasteiger charge is 2.05. The fourth-order valence-corrected chi connectivity index (χ4v) is 2.51. The number of nitriles is 1. The second-order valence-corrected chi connectivity index (χ2v) is 6.20. The maximum absolute atomic E-state index is 9.34. The highest BCUT2D eigenvalue weighted by Crippen LogP contribution is 2.26. The Labute approximate surface area is 155 Å². The molecule has 136 valence electrons. The predicted octanol–water partition coefficient (Wildman–Crippen LogP) is 6.30. The topological polar surface area (TPSA) is 83.8 Å². The van der Waals surface area contributed by atoms with Crippen molar-refractivity contribution in [2.45, 2.75) is 45.4 Å². The molecule has 0 aromatic heterocycles. The molecule has 0 aliphatic carbocycles. The molecule has 5 heteroatoms. The lowest BCUT2D eigenvalue weighted by molar-refractivity contribution is 0.303. The van der Waals surface area contributed by atoms with Crippen LogP contribution in [0.4, 0.5) is 17.1 Å². The smallest absolute Gasteiger partial charge is 0.137 e. The molecule has 26 heavy (non-hydrogen) atoms. The zero-order valence-corrected chi connectivity index (χ0v) is 15.3. The Kier molecular flexibility index (Phi) is 8.14. The molecular weight excluding hydrogens is 324 g/mol. The number of nitrogens with zero attached hydrogens (tertiary/aromatic N) is 3. The van der Waals surface area contributed by atoms with Gasteiger partial charge in [-0.3, -0.25) is 0 Å². The van der Waals surface area contributed by atoms with Gasteiger partial charge in [-0.25, -0.2) is 0 Å². The summed E-state index contributed by atoms with van der Waals surface area (Å²) < 4.78 is 5.76. The van der Waals surface area contributed by atoms with Crippen molar-refractivity contribution in [1.82, 2.24) is 0 Å². The van der Waals surface area contributed by atoms with E-state index < -0.39 is 0 Å². The molecule has 0 heterocycles. The first-order valence-electron chi connectivity index (χ1n) is 9.17. The zero-order chi connectivity index (χ0) is 18.6. The van der Waals surface area contributed by atoms with E-state index in [0.717, 1.165) is 12.8 Å². The van der Waals surface area contributed by atoms with E-state index in [9.17, 15) is 5.26 Å². The van der Waals surface area contributed by atoms with Crippen LogP contribution in [-0.2, 0) is 0 Å². The molecule has 5 nitrogen and oxygen atoms in total. The molecule has 0 unspecified atom stereocenters. The van der Waals surface area contributed by atoms with E-state index >= 15 is 0 Å². The molecular formula is C21H26N4O. The highest BCUT2D eigenvalue weighted by molar-refractivity contribution is 5.53. The van der Waals surface area contributed by atoms with Crippen molar-refractivity contribution >= 4 is 17.1 Å². The van der Waals surface area contributed by atoms with Crippen molar-refractivity contribution in [1.29, 1.82) is 5.26 Å². The lowest BCUT2D eigenvalue weighted by Gasteiger charge is -2.08. The second kappa shape index (κ2) is 10.9. The van der Waals surface area contributed by atoms with Crippen LogP contribution < -0.4 is 10.5 Å². The maximum atomic E-state index is 9.34. The summed E-state index contributed by atoms with van der Waals surface area (Å²) in [7, 11) is 0.